The molecule has 1 rings (SSSR count). The van der Waals surface area contributed by atoms with Crippen LogP contribution in [0.1, 0.15) is 25.0 Å². The molecule has 0 aliphatic rings. The third-order valence-electron chi connectivity index (χ3n) is 2.08. The molecule has 0 spiro atoms. The second-order valence-electron chi connectivity index (χ2n) is 3.79. The SMILES string of the molecule is CC(C)=CC(=O)Cc1ccccc1C. The van der Waals surface area contributed by atoms with Gasteiger partial charge in [-0.1, -0.05) is 29.8 Å². The number of hydrogen-bond donors (Lipinski definition) is 0. The van der Waals surface area contributed by atoms with E-state index in [1.165, 1.54) is 5.56 Å². The predicted molar refractivity (Wildman–Crippen MR) is 59.3 cm³/mol. The van der Waals surface area contributed by atoms with Crippen molar-refractivity contribution in [3.63, 3.8) is 0 Å². The first-order valence-corrected chi connectivity index (χ1v) is 4.82. The van der Waals surface area contributed by atoms with E-state index in [1.54, 1.807) is 6.08 Å². The third kappa shape index (κ3) is 3.17. The van der Waals surface area contributed by atoms with Crippen molar-refractivity contribution in [1.82, 2.24) is 0 Å². The summed E-state index contributed by atoms with van der Waals surface area (Å²) in [5.41, 5.74) is 3.36. The minimum Gasteiger partial charge on any atom is -0.294 e. The molecule has 0 saturated heterocycles. The van der Waals surface area contributed by atoms with Crippen LogP contribution in [0.15, 0.2) is 35.9 Å². The highest BCUT2D eigenvalue weighted by atomic mass is 16.1. The first-order valence-electron chi connectivity index (χ1n) is 4.82. The average molecular weight is 188 g/mol. The van der Waals surface area contributed by atoms with Crippen LogP contribution in [0.5, 0.6) is 0 Å². The van der Waals surface area contributed by atoms with Gasteiger partial charge in [0.25, 0.3) is 0 Å². The molecule has 0 N–H and O–H groups in total. The fraction of sp³-hybridized carbons (Fsp3) is 0.308. The summed E-state index contributed by atoms with van der Waals surface area (Å²) >= 11 is 0. The van der Waals surface area contributed by atoms with Gasteiger partial charge in [-0.05, 0) is 38.0 Å². The van der Waals surface area contributed by atoms with Gasteiger partial charge in [-0.3, -0.25) is 4.79 Å². The Morgan fingerprint density at radius 3 is 2.50 bits per heavy atom. The van der Waals surface area contributed by atoms with Crippen LogP contribution >= 0.6 is 0 Å². The van der Waals surface area contributed by atoms with Gasteiger partial charge < -0.3 is 0 Å². The lowest BCUT2D eigenvalue weighted by Gasteiger charge is -2.02. The van der Waals surface area contributed by atoms with Crippen LogP contribution in [0.2, 0.25) is 0 Å². The zero-order chi connectivity index (χ0) is 10.6. The van der Waals surface area contributed by atoms with E-state index < -0.39 is 0 Å². The van der Waals surface area contributed by atoms with Crippen molar-refractivity contribution in [3.05, 3.63) is 47.0 Å². The summed E-state index contributed by atoms with van der Waals surface area (Å²) < 4.78 is 0. The number of ketones is 1. The van der Waals surface area contributed by atoms with Crippen LogP contribution in [-0.4, -0.2) is 5.78 Å². The molecular weight excluding hydrogens is 172 g/mol. The van der Waals surface area contributed by atoms with E-state index in [9.17, 15) is 4.79 Å². The van der Waals surface area contributed by atoms with Gasteiger partial charge in [0.2, 0.25) is 0 Å². The van der Waals surface area contributed by atoms with Crippen LogP contribution in [0, 0.1) is 6.92 Å². The molecule has 0 fully saturated rings. The lowest BCUT2D eigenvalue weighted by Crippen LogP contribution is -2.00. The van der Waals surface area contributed by atoms with E-state index in [2.05, 4.69) is 0 Å². The number of aryl methyl sites for hydroxylation is 1. The van der Waals surface area contributed by atoms with E-state index in [0.29, 0.717) is 6.42 Å². The third-order valence-corrected chi connectivity index (χ3v) is 2.08. The lowest BCUT2D eigenvalue weighted by molar-refractivity contribution is -0.114. The highest BCUT2D eigenvalue weighted by Gasteiger charge is 2.02. The molecule has 1 aromatic rings. The maximum atomic E-state index is 11.5. The minimum absolute atomic E-state index is 0.180. The summed E-state index contributed by atoms with van der Waals surface area (Å²) in [7, 11) is 0. The van der Waals surface area contributed by atoms with Gasteiger partial charge in [-0.15, -0.1) is 0 Å². The Hall–Kier alpha value is -1.37. The first kappa shape index (κ1) is 10.7. The Bertz CT molecular complexity index is 357. The summed E-state index contributed by atoms with van der Waals surface area (Å²) in [5.74, 6) is 0.180. The van der Waals surface area contributed by atoms with Gasteiger partial charge >= 0.3 is 0 Å². The largest absolute Gasteiger partial charge is 0.294 e. The maximum Gasteiger partial charge on any atom is 0.159 e. The van der Waals surface area contributed by atoms with E-state index >= 15 is 0 Å². The maximum absolute atomic E-state index is 11.5. The van der Waals surface area contributed by atoms with Crippen LogP contribution in [0.25, 0.3) is 0 Å². The Kier molecular flexibility index (Phi) is 3.63. The molecule has 0 radical (unpaired) electrons. The number of benzene rings is 1. The van der Waals surface area contributed by atoms with Crippen molar-refractivity contribution in [1.29, 1.82) is 0 Å². The van der Waals surface area contributed by atoms with Gasteiger partial charge in [0.1, 0.15) is 0 Å². The highest BCUT2D eigenvalue weighted by Crippen LogP contribution is 2.08. The number of allylic oxidation sites excluding steroid dienone is 2. The summed E-state index contributed by atoms with van der Waals surface area (Å²) in [6.07, 6.45) is 2.21. The minimum atomic E-state index is 0.180. The fourth-order valence-electron chi connectivity index (χ4n) is 1.37. The normalized spacial score (nSPS) is 9.64. The van der Waals surface area contributed by atoms with Crippen molar-refractivity contribution in [2.75, 3.05) is 0 Å². The quantitative estimate of drug-likeness (QED) is 0.666. The zero-order valence-corrected chi connectivity index (χ0v) is 9.00. The lowest BCUT2D eigenvalue weighted by atomic mass is 10.0. The molecule has 74 valence electrons. The molecule has 0 heterocycles. The van der Waals surface area contributed by atoms with Crippen molar-refractivity contribution < 1.29 is 4.79 Å². The molecule has 1 heteroatoms. The molecule has 14 heavy (non-hydrogen) atoms. The first-order chi connectivity index (χ1) is 6.59. The molecule has 0 amide bonds. The van der Waals surface area contributed by atoms with E-state index in [0.717, 1.165) is 11.1 Å². The number of carbonyl (C=O) groups excluding carboxylic acids is 1. The molecule has 1 nitrogen and oxygen atoms in total. The molecule has 0 bridgehead atoms. The summed E-state index contributed by atoms with van der Waals surface area (Å²) in [6, 6.07) is 8.00. The second kappa shape index (κ2) is 4.75. The van der Waals surface area contributed by atoms with E-state index in [1.807, 2.05) is 45.0 Å². The Balaban J connectivity index is 2.75. The molecule has 0 aliphatic carbocycles. The molecule has 0 unspecified atom stereocenters. The zero-order valence-electron chi connectivity index (χ0n) is 9.00. The summed E-state index contributed by atoms with van der Waals surface area (Å²) in [6.45, 7) is 5.91. The van der Waals surface area contributed by atoms with Crippen molar-refractivity contribution >= 4 is 5.78 Å². The number of rotatable bonds is 3. The average Bonchev–Trinajstić information content (AvgIpc) is 2.07. The molecule has 0 aromatic heterocycles. The second-order valence-corrected chi connectivity index (χ2v) is 3.79. The van der Waals surface area contributed by atoms with Gasteiger partial charge in [0, 0.05) is 6.42 Å². The van der Waals surface area contributed by atoms with Crippen LogP contribution in [-0.2, 0) is 11.2 Å². The smallest absolute Gasteiger partial charge is 0.159 e. The van der Waals surface area contributed by atoms with E-state index in [4.69, 9.17) is 0 Å². The standard InChI is InChI=1S/C13H16O/c1-10(2)8-13(14)9-12-7-5-4-6-11(12)3/h4-8H,9H2,1-3H3. The Labute approximate surface area is 85.5 Å². The summed E-state index contributed by atoms with van der Waals surface area (Å²) in [5, 5.41) is 0. The Morgan fingerprint density at radius 1 is 1.29 bits per heavy atom. The van der Waals surface area contributed by atoms with Crippen molar-refractivity contribution in [3.8, 4) is 0 Å². The Morgan fingerprint density at radius 2 is 1.93 bits per heavy atom. The van der Waals surface area contributed by atoms with Gasteiger partial charge in [0.15, 0.2) is 5.78 Å². The monoisotopic (exact) mass is 188 g/mol. The van der Waals surface area contributed by atoms with Gasteiger partial charge in [-0.25, -0.2) is 0 Å². The van der Waals surface area contributed by atoms with Gasteiger partial charge in [0.05, 0.1) is 0 Å². The molecule has 0 atom stereocenters. The fourth-order valence-corrected chi connectivity index (χ4v) is 1.37. The predicted octanol–water partition coefficient (Wildman–Crippen LogP) is 3.07. The molecule has 0 aliphatic heterocycles. The van der Waals surface area contributed by atoms with Crippen LogP contribution in [0.3, 0.4) is 0 Å². The summed E-state index contributed by atoms with van der Waals surface area (Å²) in [4.78, 5) is 11.5. The van der Waals surface area contributed by atoms with E-state index in [-0.39, 0.29) is 5.78 Å². The van der Waals surface area contributed by atoms with Crippen molar-refractivity contribution in [2.45, 2.75) is 27.2 Å². The molecule has 0 saturated carbocycles. The molecule has 1 aromatic carbocycles. The van der Waals surface area contributed by atoms with Crippen LogP contribution in [0.4, 0.5) is 0 Å². The topological polar surface area (TPSA) is 17.1 Å². The van der Waals surface area contributed by atoms with Gasteiger partial charge in [-0.2, -0.15) is 0 Å². The van der Waals surface area contributed by atoms with Crippen molar-refractivity contribution in [2.24, 2.45) is 0 Å². The highest BCUT2D eigenvalue weighted by molar-refractivity contribution is 5.92. The number of carbonyl (C=O) groups is 1. The van der Waals surface area contributed by atoms with Crippen LogP contribution < -0.4 is 0 Å². The molecular formula is C13H16O. The number of hydrogen-bond acceptors (Lipinski definition) is 1.